The highest BCUT2D eigenvalue weighted by Crippen LogP contribution is 2.15. The molecule has 106 valence electrons. The quantitative estimate of drug-likeness (QED) is 0.800. The van der Waals surface area contributed by atoms with Gasteiger partial charge in [0.15, 0.2) is 0 Å². The third-order valence-electron chi connectivity index (χ3n) is 3.53. The molecule has 2 rings (SSSR count). The summed E-state index contributed by atoms with van der Waals surface area (Å²) in [6, 6.07) is 7.99. The smallest absolute Gasteiger partial charge is 0.211 e. The number of sulfonamides is 1. The lowest BCUT2D eigenvalue weighted by Crippen LogP contribution is -3.13. The van der Waals surface area contributed by atoms with Gasteiger partial charge in [-0.05, 0) is 12.1 Å². The average molecular weight is 285 g/mol. The Morgan fingerprint density at radius 2 is 1.89 bits per heavy atom. The van der Waals surface area contributed by atoms with Gasteiger partial charge < -0.3 is 9.64 Å². The van der Waals surface area contributed by atoms with Crippen LogP contribution >= 0.6 is 0 Å². The van der Waals surface area contributed by atoms with E-state index in [1.807, 2.05) is 18.2 Å². The molecule has 0 saturated carbocycles. The molecule has 1 saturated heterocycles. The molecular formula is C13H21N2O3S+. The summed E-state index contributed by atoms with van der Waals surface area (Å²) in [5, 5.41) is 0. The van der Waals surface area contributed by atoms with Gasteiger partial charge in [0.05, 0.1) is 39.5 Å². The molecular weight excluding hydrogens is 264 g/mol. The summed E-state index contributed by atoms with van der Waals surface area (Å²) in [6.07, 6.45) is 1.28. The van der Waals surface area contributed by atoms with Crippen LogP contribution in [-0.4, -0.2) is 52.3 Å². The van der Waals surface area contributed by atoms with Gasteiger partial charge in [-0.15, -0.1) is 0 Å². The normalized spacial score (nSPS) is 18.4. The number of methoxy groups -OCH3 is 1. The Hall–Kier alpha value is -1.11. The van der Waals surface area contributed by atoms with Gasteiger partial charge in [0, 0.05) is 5.56 Å². The van der Waals surface area contributed by atoms with Crippen LogP contribution in [-0.2, 0) is 16.6 Å². The first-order valence-corrected chi connectivity index (χ1v) is 8.26. The SMILES string of the molecule is COc1ccccc1C[NH+]1CCN(S(C)(=O)=O)CC1. The van der Waals surface area contributed by atoms with Crippen molar-refractivity contribution in [2.24, 2.45) is 0 Å². The summed E-state index contributed by atoms with van der Waals surface area (Å²) >= 11 is 0. The summed E-state index contributed by atoms with van der Waals surface area (Å²) in [4.78, 5) is 1.39. The van der Waals surface area contributed by atoms with E-state index < -0.39 is 10.0 Å². The lowest BCUT2D eigenvalue weighted by Gasteiger charge is -2.30. The molecule has 1 aromatic carbocycles. The minimum absolute atomic E-state index is 0.601. The number of hydrogen-bond donors (Lipinski definition) is 1. The van der Waals surface area contributed by atoms with E-state index in [4.69, 9.17) is 4.74 Å². The summed E-state index contributed by atoms with van der Waals surface area (Å²) in [7, 11) is -1.36. The molecule has 0 spiro atoms. The molecule has 0 bridgehead atoms. The second kappa shape index (κ2) is 5.90. The van der Waals surface area contributed by atoms with E-state index in [-0.39, 0.29) is 0 Å². The topological polar surface area (TPSA) is 51.1 Å². The maximum Gasteiger partial charge on any atom is 0.211 e. The summed E-state index contributed by atoms with van der Waals surface area (Å²) in [5.41, 5.74) is 1.17. The molecule has 6 heteroatoms. The van der Waals surface area contributed by atoms with E-state index in [1.165, 1.54) is 16.7 Å². The highest BCUT2D eigenvalue weighted by Gasteiger charge is 2.26. The van der Waals surface area contributed by atoms with Gasteiger partial charge in [0.2, 0.25) is 10.0 Å². The Kier molecular flexibility index (Phi) is 4.44. The minimum atomic E-state index is -3.04. The van der Waals surface area contributed by atoms with E-state index in [2.05, 4.69) is 6.07 Å². The standard InChI is InChI=1S/C13H20N2O3S/c1-18-13-6-4-3-5-12(13)11-14-7-9-15(10-8-14)19(2,16)17/h3-6H,7-11H2,1-2H3/p+1. The first kappa shape index (κ1) is 14.3. The van der Waals surface area contributed by atoms with Crippen molar-refractivity contribution in [1.82, 2.24) is 4.31 Å². The molecule has 0 amide bonds. The molecule has 0 unspecified atom stereocenters. The first-order chi connectivity index (χ1) is 9.00. The molecule has 0 aliphatic carbocycles. The van der Waals surface area contributed by atoms with Crippen LogP contribution in [0.15, 0.2) is 24.3 Å². The number of quaternary nitrogens is 1. The van der Waals surface area contributed by atoms with Crippen LogP contribution in [0.3, 0.4) is 0 Å². The van der Waals surface area contributed by atoms with Crippen molar-refractivity contribution < 1.29 is 18.1 Å². The zero-order valence-corrected chi connectivity index (χ0v) is 12.2. The number of nitrogens with one attached hydrogen (secondary N) is 1. The van der Waals surface area contributed by atoms with E-state index in [1.54, 1.807) is 11.4 Å². The fourth-order valence-corrected chi connectivity index (χ4v) is 3.28. The molecule has 1 N–H and O–H groups in total. The van der Waals surface area contributed by atoms with Crippen molar-refractivity contribution >= 4 is 10.0 Å². The summed E-state index contributed by atoms with van der Waals surface area (Å²) in [5.74, 6) is 0.903. The number of para-hydroxylation sites is 1. The van der Waals surface area contributed by atoms with Crippen LogP contribution in [0.1, 0.15) is 5.56 Å². The molecule has 0 atom stereocenters. The Labute approximate surface area is 114 Å². The second-order valence-electron chi connectivity index (χ2n) is 4.90. The maximum absolute atomic E-state index is 11.4. The molecule has 5 nitrogen and oxygen atoms in total. The predicted octanol–water partition coefficient (Wildman–Crippen LogP) is -0.645. The fraction of sp³-hybridized carbons (Fsp3) is 0.538. The van der Waals surface area contributed by atoms with Crippen molar-refractivity contribution in [3.63, 3.8) is 0 Å². The third-order valence-corrected chi connectivity index (χ3v) is 4.83. The number of nitrogens with zero attached hydrogens (tertiary/aromatic N) is 1. The molecule has 0 radical (unpaired) electrons. The van der Waals surface area contributed by atoms with Gasteiger partial charge in [0.1, 0.15) is 12.3 Å². The number of piperazine rings is 1. The lowest BCUT2D eigenvalue weighted by molar-refractivity contribution is -0.917. The fourth-order valence-electron chi connectivity index (χ4n) is 2.43. The van der Waals surface area contributed by atoms with Crippen molar-refractivity contribution in [1.29, 1.82) is 0 Å². The number of ether oxygens (including phenoxy) is 1. The zero-order valence-electron chi connectivity index (χ0n) is 11.4. The highest BCUT2D eigenvalue weighted by molar-refractivity contribution is 7.88. The monoisotopic (exact) mass is 285 g/mol. The lowest BCUT2D eigenvalue weighted by atomic mass is 10.2. The first-order valence-electron chi connectivity index (χ1n) is 6.41. The predicted molar refractivity (Wildman–Crippen MR) is 73.8 cm³/mol. The van der Waals surface area contributed by atoms with Gasteiger partial charge in [0.25, 0.3) is 0 Å². The molecule has 1 aromatic rings. The molecule has 1 aliphatic heterocycles. The number of benzene rings is 1. The van der Waals surface area contributed by atoms with E-state index in [9.17, 15) is 8.42 Å². The number of hydrogen-bond acceptors (Lipinski definition) is 3. The molecule has 19 heavy (non-hydrogen) atoms. The van der Waals surface area contributed by atoms with E-state index in [0.717, 1.165) is 25.4 Å². The molecule has 1 heterocycles. The summed E-state index contributed by atoms with van der Waals surface area (Å²) in [6.45, 7) is 3.75. The Morgan fingerprint density at radius 1 is 1.26 bits per heavy atom. The molecule has 1 aliphatic rings. The summed E-state index contributed by atoms with van der Waals surface area (Å²) < 4.78 is 29.8. The maximum atomic E-state index is 11.4. The van der Waals surface area contributed by atoms with Gasteiger partial charge in [-0.1, -0.05) is 12.1 Å². The average Bonchev–Trinajstić information content (AvgIpc) is 2.39. The molecule has 0 aromatic heterocycles. The third kappa shape index (κ3) is 3.68. The largest absolute Gasteiger partial charge is 0.496 e. The van der Waals surface area contributed by atoms with Crippen molar-refractivity contribution in [2.45, 2.75) is 6.54 Å². The van der Waals surface area contributed by atoms with E-state index in [0.29, 0.717) is 13.1 Å². The molecule has 1 fully saturated rings. The van der Waals surface area contributed by atoms with Crippen LogP contribution in [0.5, 0.6) is 5.75 Å². The van der Waals surface area contributed by atoms with Crippen LogP contribution in [0.4, 0.5) is 0 Å². The van der Waals surface area contributed by atoms with Crippen LogP contribution in [0.2, 0.25) is 0 Å². The van der Waals surface area contributed by atoms with E-state index >= 15 is 0 Å². The second-order valence-corrected chi connectivity index (χ2v) is 6.88. The Morgan fingerprint density at radius 3 is 2.47 bits per heavy atom. The number of rotatable bonds is 4. The van der Waals surface area contributed by atoms with Crippen molar-refractivity contribution in [2.75, 3.05) is 39.5 Å². The van der Waals surface area contributed by atoms with Crippen LogP contribution < -0.4 is 9.64 Å². The van der Waals surface area contributed by atoms with Gasteiger partial charge in [-0.2, -0.15) is 4.31 Å². The minimum Gasteiger partial charge on any atom is -0.496 e. The Bertz CT molecular complexity index is 522. The van der Waals surface area contributed by atoms with Crippen LogP contribution in [0.25, 0.3) is 0 Å². The van der Waals surface area contributed by atoms with Gasteiger partial charge in [-0.25, -0.2) is 8.42 Å². The zero-order chi connectivity index (χ0) is 13.9. The van der Waals surface area contributed by atoms with Gasteiger partial charge >= 0.3 is 0 Å². The van der Waals surface area contributed by atoms with Crippen LogP contribution in [0, 0.1) is 0 Å². The van der Waals surface area contributed by atoms with Crippen molar-refractivity contribution in [3.8, 4) is 5.75 Å². The van der Waals surface area contributed by atoms with Crippen molar-refractivity contribution in [3.05, 3.63) is 29.8 Å². The Balaban J connectivity index is 1.96. The highest BCUT2D eigenvalue weighted by atomic mass is 32.2. The van der Waals surface area contributed by atoms with Gasteiger partial charge in [-0.3, -0.25) is 0 Å².